The minimum absolute atomic E-state index is 0.0352. The van der Waals surface area contributed by atoms with Gasteiger partial charge in [0.05, 0.1) is 18.9 Å². The lowest BCUT2D eigenvalue weighted by molar-refractivity contribution is -0.119. The van der Waals surface area contributed by atoms with Crippen molar-refractivity contribution in [2.75, 3.05) is 12.9 Å². The monoisotopic (exact) mass is 371 g/mol. The van der Waals surface area contributed by atoms with Crippen molar-refractivity contribution in [3.05, 3.63) is 65.2 Å². The zero-order valence-electron chi connectivity index (χ0n) is 16.1. The van der Waals surface area contributed by atoms with Gasteiger partial charge in [-0.25, -0.2) is 0 Å². The molecule has 2 aromatic rings. The number of rotatable bonds is 9. The summed E-state index contributed by atoms with van der Waals surface area (Å²) in [6.07, 6.45) is 0.917. The number of methoxy groups -OCH3 is 1. The number of carbonyl (C=O) groups excluding carboxylic acids is 1. The highest BCUT2D eigenvalue weighted by Gasteiger charge is 2.16. The Morgan fingerprint density at radius 2 is 1.88 bits per heavy atom. The number of hydrogen-bond donors (Lipinski definition) is 1. The smallest absolute Gasteiger partial charge is 0.230 e. The van der Waals surface area contributed by atoms with E-state index in [1.54, 1.807) is 18.9 Å². The molecule has 0 unspecified atom stereocenters. The first-order valence-electron chi connectivity index (χ1n) is 9.04. The molecule has 0 saturated heterocycles. The molecule has 2 aromatic carbocycles. The normalized spacial score (nSPS) is 12.0. The third-order valence-electron chi connectivity index (χ3n) is 4.14. The number of carbonyl (C=O) groups is 1. The summed E-state index contributed by atoms with van der Waals surface area (Å²) in [7, 11) is 1.66. The molecule has 1 amide bonds. The predicted octanol–water partition coefficient (Wildman–Crippen LogP) is 5.14. The minimum atomic E-state index is 0.0352. The number of thioether (sulfide) groups is 1. The van der Waals surface area contributed by atoms with E-state index in [0.29, 0.717) is 11.7 Å². The van der Waals surface area contributed by atoms with Gasteiger partial charge >= 0.3 is 0 Å². The number of amides is 1. The fourth-order valence-corrected chi connectivity index (χ4v) is 3.67. The highest BCUT2D eigenvalue weighted by Crippen LogP contribution is 2.24. The lowest BCUT2D eigenvalue weighted by atomic mass is 9.97. The van der Waals surface area contributed by atoms with E-state index in [4.69, 9.17) is 4.74 Å². The van der Waals surface area contributed by atoms with Crippen molar-refractivity contribution in [2.24, 2.45) is 5.92 Å². The molecule has 0 aliphatic heterocycles. The minimum Gasteiger partial charge on any atom is -0.497 e. The summed E-state index contributed by atoms with van der Waals surface area (Å²) >= 11 is 1.65. The van der Waals surface area contributed by atoms with Crippen LogP contribution in [-0.2, 0) is 10.5 Å². The quantitative estimate of drug-likeness (QED) is 0.663. The highest BCUT2D eigenvalue weighted by molar-refractivity contribution is 7.99. The van der Waals surface area contributed by atoms with Crippen LogP contribution in [0.3, 0.4) is 0 Å². The van der Waals surface area contributed by atoms with Crippen molar-refractivity contribution in [3.63, 3.8) is 0 Å². The second kappa shape index (κ2) is 10.3. The Hall–Kier alpha value is -1.94. The Morgan fingerprint density at radius 3 is 2.50 bits per heavy atom. The average Bonchev–Trinajstić information content (AvgIpc) is 2.61. The van der Waals surface area contributed by atoms with E-state index in [2.05, 4.69) is 50.4 Å². The molecular weight excluding hydrogens is 342 g/mol. The molecule has 2 rings (SSSR count). The molecule has 0 spiro atoms. The van der Waals surface area contributed by atoms with Crippen molar-refractivity contribution >= 4 is 17.7 Å². The van der Waals surface area contributed by atoms with Crippen LogP contribution < -0.4 is 10.1 Å². The van der Waals surface area contributed by atoms with Crippen LogP contribution in [-0.4, -0.2) is 18.8 Å². The van der Waals surface area contributed by atoms with Crippen molar-refractivity contribution in [1.82, 2.24) is 5.32 Å². The van der Waals surface area contributed by atoms with Crippen LogP contribution >= 0.6 is 11.8 Å². The van der Waals surface area contributed by atoms with Crippen LogP contribution in [0.4, 0.5) is 0 Å². The Kier molecular flexibility index (Phi) is 8.05. The van der Waals surface area contributed by atoms with Crippen molar-refractivity contribution in [2.45, 2.75) is 39.0 Å². The maximum atomic E-state index is 12.4. The first kappa shape index (κ1) is 20.4. The summed E-state index contributed by atoms with van der Waals surface area (Å²) in [6.45, 7) is 6.44. The summed E-state index contributed by atoms with van der Waals surface area (Å²) in [5.74, 6) is 2.74. The standard InChI is InChI=1S/C22H29NO2S/c1-16(2)12-21(19-8-10-20(25-4)11-9-19)23-22(24)15-26-14-18-7-5-6-17(3)13-18/h5-11,13,16,21H,12,14-15H2,1-4H3,(H,23,24)/t21-/m1/s1. The molecule has 3 nitrogen and oxygen atoms in total. The van der Waals surface area contributed by atoms with Crippen molar-refractivity contribution < 1.29 is 9.53 Å². The molecular formula is C22H29NO2S. The predicted molar refractivity (Wildman–Crippen MR) is 111 cm³/mol. The van der Waals surface area contributed by atoms with Gasteiger partial charge in [-0.3, -0.25) is 4.79 Å². The van der Waals surface area contributed by atoms with Crippen LogP contribution in [0.5, 0.6) is 5.75 Å². The maximum Gasteiger partial charge on any atom is 0.230 e. The second-order valence-corrected chi connectivity index (χ2v) is 7.99. The van der Waals surface area contributed by atoms with Crippen LogP contribution in [0.15, 0.2) is 48.5 Å². The van der Waals surface area contributed by atoms with Gasteiger partial charge in [-0.05, 0) is 42.5 Å². The number of aryl methyl sites for hydroxylation is 1. The van der Waals surface area contributed by atoms with Gasteiger partial charge in [0.2, 0.25) is 5.91 Å². The zero-order valence-corrected chi connectivity index (χ0v) is 16.9. The summed E-state index contributed by atoms with van der Waals surface area (Å²) in [5, 5.41) is 3.20. The Labute approximate surface area is 161 Å². The molecule has 4 heteroatoms. The molecule has 140 valence electrons. The van der Waals surface area contributed by atoms with Gasteiger partial charge in [0.25, 0.3) is 0 Å². The molecule has 0 heterocycles. The van der Waals surface area contributed by atoms with E-state index < -0.39 is 0 Å². The summed E-state index contributed by atoms with van der Waals surface area (Å²) in [6, 6.07) is 16.4. The number of nitrogens with one attached hydrogen (secondary N) is 1. The summed E-state index contributed by atoms with van der Waals surface area (Å²) < 4.78 is 5.22. The van der Waals surface area contributed by atoms with E-state index in [-0.39, 0.29) is 11.9 Å². The molecule has 0 saturated carbocycles. The van der Waals surface area contributed by atoms with Gasteiger partial charge in [0.15, 0.2) is 0 Å². The lowest BCUT2D eigenvalue weighted by Crippen LogP contribution is -2.30. The zero-order chi connectivity index (χ0) is 18.9. The molecule has 1 N–H and O–H groups in total. The van der Waals surface area contributed by atoms with Crippen LogP contribution in [0.1, 0.15) is 43.0 Å². The Morgan fingerprint density at radius 1 is 1.15 bits per heavy atom. The highest BCUT2D eigenvalue weighted by atomic mass is 32.2. The van der Waals surface area contributed by atoms with Gasteiger partial charge in [-0.2, -0.15) is 0 Å². The average molecular weight is 372 g/mol. The van der Waals surface area contributed by atoms with E-state index in [1.807, 2.05) is 24.3 Å². The van der Waals surface area contributed by atoms with Crippen LogP contribution in [0, 0.1) is 12.8 Å². The second-order valence-electron chi connectivity index (χ2n) is 7.00. The van der Waals surface area contributed by atoms with Gasteiger partial charge < -0.3 is 10.1 Å². The van der Waals surface area contributed by atoms with Crippen LogP contribution in [0.25, 0.3) is 0 Å². The Balaban J connectivity index is 1.90. The maximum absolute atomic E-state index is 12.4. The topological polar surface area (TPSA) is 38.3 Å². The molecule has 0 aliphatic rings. The molecule has 0 fully saturated rings. The van der Waals surface area contributed by atoms with E-state index in [1.165, 1.54) is 11.1 Å². The number of ether oxygens (including phenoxy) is 1. The van der Waals surface area contributed by atoms with Gasteiger partial charge in [0.1, 0.15) is 5.75 Å². The van der Waals surface area contributed by atoms with E-state index in [0.717, 1.165) is 23.5 Å². The molecule has 0 radical (unpaired) electrons. The fraction of sp³-hybridized carbons (Fsp3) is 0.409. The van der Waals surface area contributed by atoms with E-state index >= 15 is 0 Å². The summed E-state index contributed by atoms with van der Waals surface area (Å²) in [5.41, 5.74) is 3.64. The first-order valence-corrected chi connectivity index (χ1v) is 10.2. The SMILES string of the molecule is COc1ccc([C@@H](CC(C)C)NC(=O)CSCc2cccc(C)c2)cc1. The van der Waals surface area contributed by atoms with Crippen molar-refractivity contribution in [3.8, 4) is 5.75 Å². The molecule has 1 atom stereocenters. The largest absolute Gasteiger partial charge is 0.497 e. The van der Waals surface area contributed by atoms with E-state index in [9.17, 15) is 4.79 Å². The fourth-order valence-electron chi connectivity index (χ4n) is 2.89. The van der Waals surface area contributed by atoms with Crippen LogP contribution in [0.2, 0.25) is 0 Å². The van der Waals surface area contributed by atoms with Gasteiger partial charge in [-0.15, -0.1) is 11.8 Å². The summed E-state index contributed by atoms with van der Waals surface area (Å²) in [4.78, 5) is 12.4. The lowest BCUT2D eigenvalue weighted by Gasteiger charge is -2.21. The molecule has 0 aliphatic carbocycles. The number of hydrogen-bond acceptors (Lipinski definition) is 3. The molecule has 0 aromatic heterocycles. The molecule has 26 heavy (non-hydrogen) atoms. The molecule has 0 bridgehead atoms. The van der Waals surface area contributed by atoms with Gasteiger partial charge in [-0.1, -0.05) is 55.8 Å². The Bertz CT molecular complexity index is 698. The third-order valence-corrected chi connectivity index (χ3v) is 5.15. The van der Waals surface area contributed by atoms with Crippen molar-refractivity contribution in [1.29, 1.82) is 0 Å². The number of benzene rings is 2. The third kappa shape index (κ3) is 6.75. The van der Waals surface area contributed by atoms with Gasteiger partial charge in [0, 0.05) is 5.75 Å². The first-order chi connectivity index (χ1) is 12.5.